The Hall–Kier alpha value is -1.94. The van der Waals surface area contributed by atoms with E-state index in [1.807, 2.05) is 37.3 Å². The van der Waals surface area contributed by atoms with E-state index in [0.29, 0.717) is 25.8 Å². The topological polar surface area (TPSA) is 43.6 Å². The maximum Gasteiger partial charge on any atom is 0.124 e. The zero-order valence-corrected chi connectivity index (χ0v) is 12.9. The first-order valence-corrected chi connectivity index (χ1v) is 7.33. The van der Waals surface area contributed by atoms with Gasteiger partial charge in [-0.15, -0.1) is 0 Å². The Bertz CT molecular complexity index is 548. The van der Waals surface area contributed by atoms with E-state index in [4.69, 9.17) is 13.9 Å². The summed E-state index contributed by atoms with van der Waals surface area (Å²) in [5, 5.41) is 3.34. The standard InChI is InChI=1S/C17H23NO3/c1-4-19-15-6-5-7-16(10-15)21-12-14-8-9-20-17(14)11-18-13(2)3/h5-10,13,18H,4,11-12H2,1-3H3. The number of ether oxygens (including phenoxy) is 2. The van der Waals surface area contributed by atoms with Gasteiger partial charge in [-0.25, -0.2) is 0 Å². The van der Waals surface area contributed by atoms with Crippen molar-refractivity contribution in [1.82, 2.24) is 5.32 Å². The van der Waals surface area contributed by atoms with E-state index < -0.39 is 0 Å². The summed E-state index contributed by atoms with van der Waals surface area (Å²) in [7, 11) is 0. The third-order valence-corrected chi connectivity index (χ3v) is 3.02. The predicted octanol–water partition coefficient (Wildman–Crippen LogP) is 3.76. The molecule has 0 atom stereocenters. The molecular formula is C17H23NO3. The van der Waals surface area contributed by atoms with Crippen molar-refractivity contribution >= 4 is 0 Å². The Morgan fingerprint density at radius 3 is 2.62 bits per heavy atom. The Labute approximate surface area is 126 Å². The monoisotopic (exact) mass is 289 g/mol. The number of benzene rings is 1. The van der Waals surface area contributed by atoms with Gasteiger partial charge in [0.25, 0.3) is 0 Å². The van der Waals surface area contributed by atoms with Crippen molar-refractivity contribution in [3.63, 3.8) is 0 Å². The fourth-order valence-electron chi connectivity index (χ4n) is 1.93. The van der Waals surface area contributed by atoms with Crippen LogP contribution < -0.4 is 14.8 Å². The highest BCUT2D eigenvalue weighted by molar-refractivity contribution is 5.33. The molecule has 21 heavy (non-hydrogen) atoms. The highest BCUT2D eigenvalue weighted by atomic mass is 16.5. The van der Waals surface area contributed by atoms with Crippen LogP contribution in [0.1, 0.15) is 32.1 Å². The molecule has 0 aliphatic heterocycles. The minimum absolute atomic E-state index is 0.423. The lowest BCUT2D eigenvalue weighted by atomic mass is 10.2. The number of hydrogen-bond donors (Lipinski definition) is 1. The fraction of sp³-hybridized carbons (Fsp3) is 0.412. The predicted molar refractivity (Wildman–Crippen MR) is 82.6 cm³/mol. The molecule has 0 aliphatic rings. The van der Waals surface area contributed by atoms with Crippen LogP contribution >= 0.6 is 0 Å². The summed E-state index contributed by atoms with van der Waals surface area (Å²) in [6, 6.07) is 10.0. The molecule has 0 spiro atoms. The number of nitrogens with one attached hydrogen (secondary N) is 1. The largest absolute Gasteiger partial charge is 0.494 e. The Kier molecular flexibility index (Phi) is 5.69. The van der Waals surface area contributed by atoms with Gasteiger partial charge in [0.05, 0.1) is 19.4 Å². The van der Waals surface area contributed by atoms with E-state index in [-0.39, 0.29) is 0 Å². The lowest BCUT2D eigenvalue weighted by Crippen LogP contribution is -2.22. The van der Waals surface area contributed by atoms with Gasteiger partial charge >= 0.3 is 0 Å². The average Bonchev–Trinajstić information content (AvgIpc) is 2.91. The average molecular weight is 289 g/mol. The molecule has 0 fully saturated rings. The van der Waals surface area contributed by atoms with Gasteiger partial charge in [-0.2, -0.15) is 0 Å². The summed E-state index contributed by atoms with van der Waals surface area (Å²) in [5.41, 5.74) is 1.06. The summed E-state index contributed by atoms with van der Waals surface area (Å²) < 4.78 is 16.8. The minimum atomic E-state index is 0.423. The molecule has 0 saturated carbocycles. The summed E-state index contributed by atoms with van der Waals surface area (Å²) in [6.07, 6.45) is 1.70. The quantitative estimate of drug-likeness (QED) is 0.803. The van der Waals surface area contributed by atoms with Gasteiger partial charge in [0.2, 0.25) is 0 Å². The van der Waals surface area contributed by atoms with E-state index in [1.54, 1.807) is 6.26 Å². The van der Waals surface area contributed by atoms with E-state index in [9.17, 15) is 0 Å². The van der Waals surface area contributed by atoms with E-state index in [0.717, 1.165) is 22.8 Å². The van der Waals surface area contributed by atoms with Gasteiger partial charge in [-0.1, -0.05) is 19.9 Å². The normalized spacial score (nSPS) is 10.9. The molecular weight excluding hydrogens is 266 g/mol. The fourth-order valence-corrected chi connectivity index (χ4v) is 1.93. The zero-order chi connectivity index (χ0) is 15.1. The van der Waals surface area contributed by atoms with Crippen LogP contribution in [0.4, 0.5) is 0 Å². The van der Waals surface area contributed by atoms with E-state index >= 15 is 0 Å². The number of furan rings is 1. The van der Waals surface area contributed by atoms with Crippen molar-refractivity contribution < 1.29 is 13.9 Å². The molecule has 0 unspecified atom stereocenters. The van der Waals surface area contributed by atoms with Crippen LogP contribution in [0.15, 0.2) is 41.0 Å². The van der Waals surface area contributed by atoms with E-state index in [2.05, 4.69) is 19.2 Å². The first-order valence-electron chi connectivity index (χ1n) is 7.33. The second kappa shape index (κ2) is 7.74. The summed E-state index contributed by atoms with van der Waals surface area (Å²) in [5.74, 6) is 2.54. The molecule has 1 heterocycles. The second-order valence-electron chi connectivity index (χ2n) is 5.10. The van der Waals surface area contributed by atoms with Crippen molar-refractivity contribution in [3.05, 3.63) is 47.9 Å². The van der Waals surface area contributed by atoms with Gasteiger partial charge in [-0.3, -0.25) is 0 Å². The van der Waals surface area contributed by atoms with Gasteiger partial charge < -0.3 is 19.2 Å². The molecule has 1 aromatic carbocycles. The number of hydrogen-bond acceptors (Lipinski definition) is 4. The van der Waals surface area contributed by atoms with Gasteiger partial charge in [0, 0.05) is 17.7 Å². The Morgan fingerprint density at radius 1 is 1.14 bits per heavy atom. The molecule has 0 radical (unpaired) electrons. The van der Waals surface area contributed by atoms with Crippen molar-refractivity contribution in [2.75, 3.05) is 6.61 Å². The first kappa shape index (κ1) is 15.4. The van der Waals surface area contributed by atoms with Gasteiger partial charge in [0.15, 0.2) is 0 Å². The summed E-state index contributed by atoms with van der Waals surface area (Å²) in [4.78, 5) is 0. The van der Waals surface area contributed by atoms with Crippen LogP contribution in [-0.4, -0.2) is 12.6 Å². The molecule has 0 amide bonds. The lowest BCUT2D eigenvalue weighted by molar-refractivity contribution is 0.295. The summed E-state index contributed by atoms with van der Waals surface area (Å²) >= 11 is 0. The molecule has 1 N–H and O–H groups in total. The lowest BCUT2D eigenvalue weighted by Gasteiger charge is -2.10. The van der Waals surface area contributed by atoms with Crippen LogP contribution in [0.2, 0.25) is 0 Å². The summed E-state index contributed by atoms with van der Waals surface area (Å²) in [6.45, 7) is 8.03. The molecule has 4 heteroatoms. The van der Waals surface area contributed by atoms with Crippen LogP contribution in [0.25, 0.3) is 0 Å². The molecule has 0 aliphatic carbocycles. The third kappa shape index (κ3) is 4.83. The van der Waals surface area contributed by atoms with Gasteiger partial charge in [0.1, 0.15) is 23.9 Å². The Morgan fingerprint density at radius 2 is 1.90 bits per heavy atom. The number of rotatable bonds is 8. The molecule has 4 nitrogen and oxygen atoms in total. The van der Waals surface area contributed by atoms with Crippen LogP contribution in [0.5, 0.6) is 11.5 Å². The van der Waals surface area contributed by atoms with Crippen molar-refractivity contribution in [2.24, 2.45) is 0 Å². The Balaban J connectivity index is 1.93. The van der Waals surface area contributed by atoms with Crippen molar-refractivity contribution in [2.45, 2.75) is 40.0 Å². The van der Waals surface area contributed by atoms with Crippen molar-refractivity contribution in [3.8, 4) is 11.5 Å². The molecule has 2 aromatic rings. The second-order valence-corrected chi connectivity index (χ2v) is 5.10. The smallest absolute Gasteiger partial charge is 0.124 e. The van der Waals surface area contributed by atoms with E-state index in [1.165, 1.54) is 0 Å². The molecule has 0 saturated heterocycles. The third-order valence-electron chi connectivity index (χ3n) is 3.02. The van der Waals surface area contributed by atoms with Crippen LogP contribution in [0, 0.1) is 0 Å². The molecule has 1 aromatic heterocycles. The highest BCUT2D eigenvalue weighted by Gasteiger charge is 2.08. The maximum atomic E-state index is 5.82. The van der Waals surface area contributed by atoms with Crippen LogP contribution in [-0.2, 0) is 13.2 Å². The van der Waals surface area contributed by atoms with Gasteiger partial charge in [-0.05, 0) is 25.1 Å². The molecule has 2 rings (SSSR count). The highest BCUT2D eigenvalue weighted by Crippen LogP contribution is 2.21. The maximum absolute atomic E-state index is 5.82. The minimum Gasteiger partial charge on any atom is -0.494 e. The first-order chi connectivity index (χ1) is 10.2. The van der Waals surface area contributed by atoms with Crippen molar-refractivity contribution in [1.29, 1.82) is 0 Å². The zero-order valence-electron chi connectivity index (χ0n) is 12.9. The van der Waals surface area contributed by atoms with Crippen LogP contribution in [0.3, 0.4) is 0 Å². The molecule has 0 bridgehead atoms. The SMILES string of the molecule is CCOc1cccc(OCc2ccoc2CNC(C)C)c1. The molecule has 114 valence electrons.